The Morgan fingerprint density at radius 3 is 2.11 bits per heavy atom. The number of hydrogen-bond acceptors (Lipinski definition) is 2. The van der Waals surface area contributed by atoms with Gasteiger partial charge in [0.05, 0.1) is 18.7 Å². The molecule has 182 valence electrons. The minimum absolute atomic E-state index is 0.0259. The van der Waals surface area contributed by atoms with Gasteiger partial charge in [0.1, 0.15) is 11.5 Å². The summed E-state index contributed by atoms with van der Waals surface area (Å²) in [6.45, 7) is 11.1. The molecule has 0 N–H and O–H groups in total. The first-order chi connectivity index (χ1) is 17.1. The maximum absolute atomic E-state index is 13.8. The number of aromatic nitrogens is 1. The van der Waals surface area contributed by atoms with Gasteiger partial charge in [-0.3, -0.25) is 4.79 Å². The fourth-order valence-corrected chi connectivity index (χ4v) is 4.15. The summed E-state index contributed by atoms with van der Waals surface area (Å²) >= 11 is 3.36. The molecule has 36 heavy (non-hydrogen) atoms. The van der Waals surface area contributed by atoms with Crippen molar-refractivity contribution in [3.63, 3.8) is 0 Å². The largest absolute Gasteiger partial charge is 0.457 e. The number of benzene rings is 3. The molecule has 4 nitrogen and oxygen atoms in total. The monoisotopic (exact) mass is 552 g/mol. The van der Waals surface area contributed by atoms with Gasteiger partial charge in [-0.2, -0.15) is 13.2 Å². The lowest BCUT2D eigenvalue weighted by atomic mass is 10.0. The van der Waals surface area contributed by atoms with E-state index in [9.17, 15) is 18.0 Å². The molecular formula is C28H20BrF3N2O2. The second kappa shape index (κ2) is 10.0. The average Bonchev–Trinajstić information content (AvgIpc) is 2.83. The number of ether oxygens (including phenoxy) is 1. The Morgan fingerprint density at radius 2 is 1.56 bits per heavy atom. The van der Waals surface area contributed by atoms with Crippen LogP contribution in [0.3, 0.4) is 0 Å². The second-order valence-electron chi connectivity index (χ2n) is 8.30. The summed E-state index contributed by atoms with van der Waals surface area (Å²) < 4.78 is 49.3. The predicted molar refractivity (Wildman–Crippen MR) is 137 cm³/mol. The number of aryl methyl sites for hydroxylation is 2. The molecule has 3 aromatic carbocycles. The Bertz CT molecular complexity index is 1520. The van der Waals surface area contributed by atoms with Crippen molar-refractivity contribution < 1.29 is 17.9 Å². The molecule has 0 bridgehead atoms. The molecule has 4 aromatic rings. The van der Waals surface area contributed by atoms with Crippen LogP contribution < -0.4 is 10.3 Å². The van der Waals surface area contributed by atoms with Crippen molar-refractivity contribution >= 4 is 21.6 Å². The zero-order valence-electron chi connectivity index (χ0n) is 19.4. The van der Waals surface area contributed by atoms with Gasteiger partial charge in [0, 0.05) is 10.2 Å². The van der Waals surface area contributed by atoms with Gasteiger partial charge in [-0.25, -0.2) is 4.85 Å². The third-order valence-corrected chi connectivity index (χ3v) is 6.25. The van der Waals surface area contributed by atoms with Crippen LogP contribution in [0.2, 0.25) is 0 Å². The summed E-state index contributed by atoms with van der Waals surface area (Å²) in [6.07, 6.45) is -4.85. The molecule has 0 aliphatic carbocycles. The highest BCUT2D eigenvalue weighted by Crippen LogP contribution is 2.37. The van der Waals surface area contributed by atoms with Gasteiger partial charge in [-0.15, -0.1) is 0 Å². The number of halogens is 4. The van der Waals surface area contributed by atoms with Crippen molar-refractivity contribution in [2.75, 3.05) is 0 Å². The van der Waals surface area contributed by atoms with Crippen LogP contribution in [-0.2, 0) is 12.7 Å². The highest BCUT2D eigenvalue weighted by Gasteiger charge is 2.36. The first kappa shape index (κ1) is 25.3. The van der Waals surface area contributed by atoms with E-state index in [1.165, 1.54) is 4.57 Å². The van der Waals surface area contributed by atoms with Crippen molar-refractivity contribution in [1.82, 2.24) is 4.57 Å². The molecule has 4 rings (SSSR count). The van der Waals surface area contributed by atoms with Gasteiger partial charge in [0.15, 0.2) is 0 Å². The van der Waals surface area contributed by atoms with E-state index in [4.69, 9.17) is 11.3 Å². The molecule has 0 saturated carbocycles. The van der Waals surface area contributed by atoms with Crippen molar-refractivity contribution in [3.05, 3.63) is 121 Å². The predicted octanol–water partition coefficient (Wildman–Crippen LogP) is 8.30. The molecule has 0 saturated heterocycles. The minimum Gasteiger partial charge on any atom is -0.457 e. The van der Waals surface area contributed by atoms with Crippen LogP contribution in [0.15, 0.2) is 82.1 Å². The van der Waals surface area contributed by atoms with Gasteiger partial charge in [0.25, 0.3) is 11.2 Å². The van der Waals surface area contributed by atoms with Crippen LogP contribution in [0.25, 0.3) is 16.1 Å². The number of alkyl halides is 3. The quantitative estimate of drug-likeness (QED) is 0.233. The zero-order valence-corrected chi connectivity index (χ0v) is 20.9. The van der Waals surface area contributed by atoms with E-state index < -0.39 is 23.0 Å². The summed E-state index contributed by atoms with van der Waals surface area (Å²) in [5, 5.41) is 0. The molecule has 0 aliphatic heterocycles. The lowest BCUT2D eigenvalue weighted by Gasteiger charge is -2.19. The molecule has 0 fully saturated rings. The maximum atomic E-state index is 13.8. The zero-order chi connectivity index (χ0) is 26.0. The van der Waals surface area contributed by atoms with Gasteiger partial charge in [-0.1, -0.05) is 39.7 Å². The van der Waals surface area contributed by atoms with Crippen LogP contribution >= 0.6 is 15.9 Å². The number of hydrogen-bond donors (Lipinski definition) is 0. The first-order valence-electron chi connectivity index (χ1n) is 10.9. The molecule has 0 radical (unpaired) electrons. The SMILES string of the molecule is [C-]#[N+]c1c(C(F)(F)F)cc(-c2ccc(Oc3ccc(Br)cc3)cc2)n(Cc2ccc(C)cc2C)c1=O. The first-order valence-corrected chi connectivity index (χ1v) is 11.7. The summed E-state index contributed by atoms with van der Waals surface area (Å²) in [6, 6.07) is 20.2. The summed E-state index contributed by atoms with van der Waals surface area (Å²) in [7, 11) is 0. The van der Waals surface area contributed by atoms with Gasteiger partial charge in [-0.05, 0) is 85.1 Å². The van der Waals surface area contributed by atoms with E-state index >= 15 is 0 Å². The van der Waals surface area contributed by atoms with Gasteiger partial charge >= 0.3 is 6.18 Å². The molecule has 0 amide bonds. The van der Waals surface area contributed by atoms with E-state index in [-0.39, 0.29) is 12.2 Å². The van der Waals surface area contributed by atoms with Crippen LogP contribution in [0.1, 0.15) is 22.3 Å². The van der Waals surface area contributed by atoms with Crippen molar-refractivity contribution in [2.45, 2.75) is 26.6 Å². The molecule has 0 spiro atoms. The fourth-order valence-electron chi connectivity index (χ4n) is 3.88. The van der Waals surface area contributed by atoms with Crippen LogP contribution in [0, 0.1) is 20.4 Å². The van der Waals surface area contributed by atoms with Crippen LogP contribution in [-0.4, -0.2) is 4.57 Å². The van der Waals surface area contributed by atoms with Crippen molar-refractivity contribution in [2.24, 2.45) is 0 Å². The lowest BCUT2D eigenvalue weighted by molar-refractivity contribution is -0.136. The smallest absolute Gasteiger partial charge is 0.407 e. The van der Waals surface area contributed by atoms with E-state index in [2.05, 4.69) is 20.8 Å². The van der Waals surface area contributed by atoms with Gasteiger partial charge < -0.3 is 9.30 Å². The van der Waals surface area contributed by atoms with Crippen molar-refractivity contribution in [1.29, 1.82) is 0 Å². The molecule has 1 heterocycles. The molecule has 0 atom stereocenters. The summed E-state index contributed by atoms with van der Waals surface area (Å²) in [5.74, 6) is 1.08. The van der Waals surface area contributed by atoms with Crippen LogP contribution in [0.4, 0.5) is 18.9 Å². The molecule has 0 aliphatic rings. The van der Waals surface area contributed by atoms with E-state index in [0.29, 0.717) is 17.1 Å². The molecule has 8 heteroatoms. The highest BCUT2D eigenvalue weighted by atomic mass is 79.9. The number of pyridine rings is 1. The Morgan fingerprint density at radius 1 is 0.944 bits per heavy atom. The normalized spacial score (nSPS) is 11.2. The molecule has 0 unspecified atom stereocenters. The average molecular weight is 553 g/mol. The van der Waals surface area contributed by atoms with E-state index in [1.54, 1.807) is 36.4 Å². The lowest BCUT2D eigenvalue weighted by Crippen LogP contribution is -2.25. The van der Waals surface area contributed by atoms with Gasteiger partial charge in [0.2, 0.25) is 0 Å². The Balaban J connectivity index is 1.82. The Hall–Kier alpha value is -3.83. The number of rotatable bonds is 5. The molecule has 1 aromatic heterocycles. The van der Waals surface area contributed by atoms with Crippen LogP contribution in [0.5, 0.6) is 11.5 Å². The number of nitrogens with zero attached hydrogens (tertiary/aromatic N) is 2. The standard InChI is InChI=1S/C28H20BrF3N2O2/c1-17-4-5-20(18(2)14-17)16-34-25(15-24(28(30,31)32)26(33-3)27(34)35)19-6-10-22(11-7-19)36-23-12-8-21(29)9-13-23/h4-15H,16H2,1-2H3. The minimum atomic E-state index is -4.85. The maximum Gasteiger partial charge on any atom is 0.407 e. The van der Waals surface area contributed by atoms with E-state index in [0.717, 1.165) is 27.2 Å². The third-order valence-electron chi connectivity index (χ3n) is 5.72. The van der Waals surface area contributed by atoms with Crippen molar-refractivity contribution in [3.8, 4) is 22.8 Å². The highest BCUT2D eigenvalue weighted by molar-refractivity contribution is 9.10. The topological polar surface area (TPSA) is 35.6 Å². The summed E-state index contributed by atoms with van der Waals surface area (Å²) in [4.78, 5) is 16.2. The second-order valence-corrected chi connectivity index (χ2v) is 9.22. The molecular weight excluding hydrogens is 533 g/mol. The Labute approximate surface area is 214 Å². The fraction of sp³-hybridized carbons (Fsp3) is 0.143. The third kappa shape index (κ3) is 5.37. The Kier molecular flexibility index (Phi) is 7.04. The van der Waals surface area contributed by atoms with E-state index in [1.807, 2.05) is 44.2 Å². The summed E-state index contributed by atoms with van der Waals surface area (Å²) in [5.41, 5.74) is -0.0117.